The van der Waals surface area contributed by atoms with E-state index in [4.69, 9.17) is 5.73 Å². The van der Waals surface area contributed by atoms with Gasteiger partial charge < -0.3 is 16.0 Å². The molecule has 180 valence electrons. The molecule has 3 N–H and O–H groups in total. The normalized spacial score (nSPS) is 16.9. The van der Waals surface area contributed by atoms with Crippen LogP contribution in [0.3, 0.4) is 0 Å². The van der Waals surface area contributed by atoms with Crippen LogP contribution >= 0.6 is 0 Å². The summed E-state index contributed by atoms with van der Waals surface area (Å²) >= 11 is 0. The molecule has 12 heteroatoms. The topological polar surface area (TPSA) is 126 Å². The average Bonchev–Trinajstić information content (AvgIpc) is 3.37. The number of nitrogens with zero attached hydrogens (tertiary/aromatic N) is 6. The van der Waals surface area contributed by atoms with E-state index in [9.17, 15) is 23.2 Å². The number of urea groups is 1. The zero-order valence-electron chi connectivity index (χ0n) is 18.7. The number of nitrogens with two attached hydrogens (primary N) is 1. The molecule has 1 spiro atoms. The van der Waals surface area contributed by atoms with Crippen molar-refractivity contribution >= 4 is 11.8 Å². The van der Waals surface area contributed by atoms with Crippen LogP contribution in [0.15, 0.2) is 36.7 Å². The number of amides is 2. The Hall–Kier alpha value is -4.14. The molecule has 5 rings (SSSR count). The fourth-order valence-electron chi connectivity index (χ4n) is 4.80. The lowest BCUT2D eigenvalue weighted by molar-refractivity contribution is -0.137. The highest BCUT2D eigenvalue weighted by Crippen LogP contribution is 2.44. The number of halogens is 3. The highest BCUT2D eigenvalue weighted by molar-refractivity contribution is 5.76. The van der Waals surface area contributed by atoms with Gasteiger partial charge in [-0.3, -0.25) is 9.67 Å². The molecule has 9 nitrogen and oxygen atoms in total. The maximum absolute atomic E-state index is 13.2. The number of hydrogen-bond donors (Lipinski definition) is 2. The Balaban J connectivity index is 1.30. The molecule has 3 aromatic heterocycles. The Labute approximate surface area is 198 Å². The molecular weight excluding hydrogens is 461 g/mol. The zero-order chi connectivity index (χ0) is 25.0. The number of hydrogen-bond acceptors (Lipinski definition) is 6. The molecule has 35 heavy (non-hydrogen) atoms. The van der Waals surface area contributed by atoms with Crippen molar-refractivity contribution in [3.05, 3.63) is 59.2 Å². The van der Waals surface area contributed by atoms with Gasteiger partial charge >= 0.3 is 12.2 Å². The summed E-state index contributed by atoms with van der Waals surface area (Å²) in [7, 11) is 0. The molecule has 0 bridgehead atoms. The van der Waals surface area contributed by atoms with E-state index in [0.29, 0.717) is 36.6 Å². The van der Waals surface area contributed by atoms with Crippen molar-refractivity contribution < 1.29 is 18.0 Å². The van der Waals surface area contributed by atoms with Gasteiger partial charge in [0.15, 0.2) is 0 Å². The molecular formula is C23H21F3N8O. The van der Waals surface area contributed by atoms with Gasteiger partial charge in [0.1, 0.15) is 11.9 Å². The summed E-state index contributed by atoms with van der Waals surface area (Å²) in [5, 5.41) is 16.6. The highest BCUT2D eigenvalue weighted by Gasteiger charge is 2.51. The quantitative estimate of drug-likeness (QED) is 0.590. The van der Waals surface area contributed by atoms with E-state index in [1.807, 2.05) is 0 Å². The van der Waals surface area contributed by atoms with Crippen LogP contribution in [0, 0.1) is 11.3 Å². The third-order valence-electron chi connectivity index (χ3n) is 6.63. The Morgan fingerprint density at radius 3 is 2.80 bits per heavy atom. The molecule has 5 heterocycles. The number of carbonyl (C=O) groups is 1. The molecule has 2 amide bonds. The number of anilines is 1. The number of aromatic nitrogens is 4. The number of nitrogens with one attached hydrogen (secondary N) is 1. The maximum Gasteiger partial charge on any atom is 0.419 e. The van der Waals surface area contributed by atoms with Crippen molar-refractivity contribution in [1.29, 1.82) is 5.26 Å². The Kier molecular flexibility index (Phi) is 5.16. The molecule has 0 radical (unpaired) electrons. The maximum atomic E-state index is 13.2. The van der Waals surface area contributed by atoms with Crippen LogP contribution in [0.1, 0.15) is 41.9 Å². The van der Waals surface area contributed by atoms with Gasteiger partial charge in [-0.05, 0) is 37.6 Å². The van der Waals surface area contributed by atoms with Gasteiger partial charge in [0.25, 0.3) is 0 Å². The van der Waals surface area contributed by atoms with Crippen LogP contribution in [-0.2, 0) is 18.1 Å². The number of pyridine rings is 2. The predicted molar refractivity (Wildman–Crippen MR) is 119 cm³/mol. The first-order valence-electron chi connectivity index (χ1n) is 10.9. The van der Waals surface area contributed by atoms with Gasteiger partial charge in [-0.2, -0.15) is 23.5 Å². The van der Waals surface area contributed by atoms with Crippen LogP contribution in [0.4, 0.5) is 23.8 Å². The number of nitrogen functional groups attached to an aromatic ring is 1. The number of rotatable bonds is 3. The van der Waals surface area contributed by atoms with Gasteiger partial charge in [-0.15, -0.1) is 0 Å². The van der Waals surface area contributed by atoms with Crippen LogP contribution in [0.5, 0.6) is 0 Å². The summed E-state index contributed by atoms with van der Waals surface area (Å²) in [5.41, 5.74) is 6.51. The second kappa shape index (κ2) is 7.97. The van der Waals surface area contributed by atoms with E-state index in [-0.39, 0.29) is 17.0 Å². The van der Waals surface area contributed by atoms with Gasteiger partial charge in [0, 0.05) is 48.7 Å². The molecule has 2 aliphatic rings. The summed E-state index contributed by atoms with van der Waals surface area (Å²) in [4.78, 5) is 22.4. The SMILES string of the molecule is CC(NC(=O)N1CC2(CCn3nc(-c4cnc(N)c(C(F)(F)F)c4)cc32)C1)c1ncccc1C#N. The van der Waals surface area contributed by atoms with Crippen LogP contribution in [-0.4, -0.2) is 43.8 Å². The lowest BCUT2D eigenvalue weighted by atomic mass is 9.76. The van der Waals surface area contributed by atoms with E-state index in [1.54, 1.807) is 40.9 Å². The van der Waals surface area contributed by atoms with Crippen molar-refractivity contribution in [2.45, 2.75) is 37.5 Å². The molecule has 0 aliphatic carbocycles. The first-order chi connectivity index (χ1) is 16.6. The van der Waals surface area contributed by atoms with Crippen molar-refractivity contribution in [3.8, 4) is 17.3 Å². The van der Waals surface area contributed by atoms with E-state index in [1.165, 1.54) is 6.20 Å². The standard InChI is InChI=1S/C23H21F3N8O/c1-13(19-14(9-27)3-2-5-29-19)31-21(35)33-11-22(12-33)4-6-34-18(22)8-17(32-34)15-7-16(23(24,25)26)20(28)30-10-15/h2-3,5,7-8,10,13H,4,6,11-12H2,1H3,(H2,28,30)(H,31,35). The molecule has 1 fully saturated rings. The second-order valence-corrected chi connectivity index (χ2v) is 8.90. The fraction of sp³-hybridized carbons (Fsp3) is 0.348. The Morgan fingerprint density at radius 1 is 1.31 bits per heavy atom. The summed E-state index contributed by atoms with van der Waals surface area (Å²) < 4.78 is 41.5. The molecule has 1 unspecified atom stereocenters. The molecule has 1 saturated heterocycles. The van der Waals surface area contributed by atoms with Crippen molar-refractivity contribution in [1.82, 2.24) is 30.0 Å². The van der Waals surface area contributed by atoms with Crippen molar-refractivity contribution in [2.24, 2.45) is 0 Å². The first-order valence-corrected chi connectivity index (χ1v) is 10.9. The minimum absolute atomic E-state index is 0.231. The van der Waals surface area contributed by atoms with Crippen LogP contribution in [0.2, 0.25) is 0 Å². The summed E-state index contributed by atoms with van der Waals surface area (Å²) in [6, 6.07) is 7.40. The Morgan fingerprint density at radius 2 is 2.09 bits per heavy atom. The lowest BCUT2D eigenvalue weighted by Crippen LogP contribution is -2.62. The van der Waals surface area contributed by atoms with Crippen molar-refractivity contribution in [3.63, 3.8) is 0 Å². The highest BCUT2D eigenvalue weighted by atomic mass is 19.4. The summed E-state index contributed by atoms with van der Waals surface area (Å²) in [5.74, 6) is -0.577. The van der Waals surface area contributed by atoms with Gasteiger partial charge in [-0.1, -0.05) is 0 Å². The van der Waals surface area contributed by atoms with Gasteiger partial charge in [0.2, 0.25) is 0 Å². The molecule has 2 aliphatic heterocycles. The minimum atomic E-state index is -4.61. The van der Waals surface area contributed by atoms with Crippen molar-refractivity contribution in [2.75, 3.05) is 18.8 Å². The fourth-order valence-corrected chi connectivity index (χ4v) is 4.80. The van der Waals surface area contributed by atoms with E-state index >= 15 is 0 Å². The number of aryl methyl sites for hydroxylation is 1. The minimum Gasteiger partial charge on any atom is -0.383 e. The van der Waals surface area contributed by atoms with Gasteiger partial charge in [0.05, 0.1) is 28.6 Å². The molecule has 3 aromatic rings. The van der Waals surface area contributed by atoms with E-state index < -0.39 is 23.6 Å². The molecule has 0 saturated carbocycles. The monoisotopic (exact) mass is 482 g/mol. The molecule has 1 atom stereocenters. The lowest BCUT2D eigenvalue weighted by Gasteiger charge is -2.47. The third kappa shape index (κ3) is 3.82. The zero-order valence-corrected chi connectivity index (χ0v) is 18.7. The van der Waals surface area contributed by atoms with E-state index in [0.717, 1.165) is 18.2 Å². The number of likely N-dealkylation sites (tertiary alicyclic amines) is 1. The summed E-state index contributed by atoms with van der Waals surface area (Å²) in [6.45, 7) is 3.29. The summed E-state index contributed by atoms with van der Waals surface area (Å²) in [6.07, 6.45) is -0.978. The van der Waals surface area contributed by atoms with Gasteiger partial charge in [-0.25, -0.2) is 9.78 Å². The second-order valence-electron chi connectivity index (χ2n) is 8.90. The number of carbonyl (C=O) groups excluding carboxylic acids is 1. The predicted octanol–water partition coefficient (Wildman–Crippen LogP) is 3.24. The number of nitriles is 1. The number of fused-ring (bicyclic) bond motifs is 2. The van der Waals surface area contributed by atoms with E-state index in [2.05, 4.69) is 26.5 Å². The van der Waals surface area contributed by atoms with Crippen LogP contribution < -0.4 is 11.1 Å². The number of alkyl halides is 3. The first kappa shape index (κ1) is 22.6. The molecule has 0 aromatic carbocycles. The largest absolute Gasteiger partial charge is 0.419 e. The Bertz CT molecular complexity index is 1350. The third-order valence-corrected chi connectivity index (χ3v) is 6.63. The van der Waals surface area contributed by atoms with Crippen LogP contribution in [0.25, 0.3) is 11.3 Å². The smallest absolute Gasteiger partial charge is 0.383 e. The average molecular weight is 482 g/mol.